The van der Waals surface area contributed by atoms with Gasteiger partial charge in [0.1, 0.15) is 11.1 Å². The average Bonchev–Trinajstić information content (AvgIpc) is 3.20. The normalized spacial score (nSPS) is 11.9. The number of benzene rings is 2. The van der Waals surface area contributed by atoms with E-state index in [1.165, 1.54) is 18.0 Å². The largest absolute Gasteiger partial charge is 0.494 e. The number of aromatic amines is 1. The minimum atomic E-state index is -0.486. The Bertz CT molecular complexity index is 1250. The number of H-pyrrole nitrogens is 1. The first kappa shape index (κ1) is 20.7. The Morgan fingerprint density at radius 2 is 1.94 bits per heavy atom. The van der Waals surface area contributed by atoms with Gasteiger partial charge >= 0.3 is 0 Å². The molecule has 8 nitrogen and oxygen atoms in total. The Morgan fingerprint density at radius 3 is 2.65 bits per heavy atom. The predicted molar refractivity (Wildman–Crippen MR) is 121 cm³/mol. The zero-order valence-electron chi connectivity index (χ0n) is 17.0. The molecule has 0 saturated carbocycles. The van der Waals surface area contributed by atoms with E-state index in [9.17, 15) is 9.59 Å². The fourth-order valence-electron chi connectivity index (χ4n) is 2.98. The third-order valence-corrected chi connectivity index (χ3v) is 5.49. The molecule has 0 bridgehead atoms. The number of carbonyl (C=O) groups excluding carboxylic acids is 1. The molecule has 1 atom stereocenters. The molecule has 0 radical (unpaired) electrons. The Balaban J connectivity index is 1.52. The van der Waals surface area contributed by atoms with Crippen molar-refractivity contribution in [1.82, 2.24) is 19.7 Å². The first-order valence-electron chi connectivity index (χ1n) is 9.79. The second kappa shape index (κ2) is 9.05. The van der Waals surface area contributed by atoms with Crippen LogP contribution in [0.2, 0.25) is 0 Å². The second-order valence-electron chi connectivity index (χ2n) is 6.71. The van der Waals surface area contributed by atoms with Gasteiger partial charge in [-0.15, -0.1) is 0 Å². The van der Waals surface area contributed by atoms with Gasteiger partial charge in [0.05, 0.1) is 23.7 Å². The number of carbonyl (C=O) groups is 1. The number of ether oxygens (including phenoxy) is 1. The highest BCUT2D eigenvalue weighted by Crippen LogP contribution is 2.23. The third kappa shape index (κ3) is 4.61. The van der Waals surface area contributed by atoms with E-state index in [2.05, 4.69) is 20.4 Å². The van der Waals surface area contributed by atoms with E-state index < -0.39 is 5.25 Å². The van der Waals surface area contributed by atoms with Crippen molar-refractivity contribution in [3.63, 3.8) is 0 Å². The Kier molecular flexibility index (Phi) is 6.03. The van der Waals surface area contributed by atoms with Crippen LogP contribution < -0.4 is 15.6 Å². The number of nitrogens with zero attached hydrogens (tertiary/aromatic N) is 3. The maximum atomic E-state index is 12.6. The van der Waals surface area contributed by atoms with Gasteiger partial charge in [-0.05, 0) is 50.2 Å². The number of hydrogen-bond donors (Lipinski definition) is 2. The summed E-state index contributed by atoms with van der Waals surface area (Å²) in [6, 6.07) is 16.6. The molecule has 4 rings (SSSR count). The highest BCUT2D eigenvalue weighted by molar-refractivity contribution is 8.00. The molecule has 0 aliphatic carbocycles. The molecule has 158 valence electrons. The molecule has 0 saturated heterocycles. The van der Waals surface area contributed by atoms with E-state index in [0.29, 0.717) is 28.5 Å². The lowest BCUT2D eigenvalue weighted by atomic mass is 10.3. The van der Waals surface area contributed by atoms with Crippen molar-refractivity contribution in [1.29, 1.82) is 0 Å². The van der Waals surface area contributed by atoms with Crippen LogP contribution in [0.5, 0.6) is 5.75 Å². The fraction of sp³-hybridized carbons (Fsp3) is 0.182. The quantitative estimate of drug-likeness (QED) is 0.340. The number of fused-ring (bicyclic) bond motifs is 1. The molecule has 1 unspecified atom stereocenters. The van der Waals surface area contributed by atoms with Crippen molar-refractivity contribution < 1.29 is 9.53 Å². The first-order valence-corrected chi connectivity index (χ1v) is 10.7. The third-order valence-electron chi connectivity index (χ3n) is 4.51. The van der Waals surface area contributed by atoms with Crippen LogP contribution in [0.15, 0.2) is 70.7 Å². The van der Waals surface area contributed by atoms with E-state index in [1.807, 2.05) is 37.3 Å². The molecule has 31 heavy (non-hydrogen) atoms. The van der Waals surface area contributed by atoms with Gasteiger partial charge in [0, 0.05) is 5.69 Å². The van der Waals surface area contributed by atoms with Gasteiger partial charge in [-0.3, -0.25) is 9.59 Å². The number of aromatic nitrogens is 4. The Hall–Kier alpha value is -3.59. The van der Waals surface area contributed by atoms with Crippen LogP contribution in [0.4, 0.5) is 5.69 Å². The minimum Gasteiger partial charge on any atom is -0.494 e. The molecule has 0 spiro atoms. The molecule has 0 aliphatic heterocycles. The van der Waals surface area contributed by atoms with Gasteiger partial charge in [0.2, 0.25) is 5.91 Å². The lowest BCUT2D eigenvalue weighted by Gasteiger charge is -2.12. The van der Waals surface area contributed by atoms with E-state index in [-0.39, 0.29) is 11.5 Å². The van der Waals surface area contributed by atoms with Crippen LogP contribution in [0, 0.1) is 0 Å². The lowest BCUT2D eigenvalue weighted by Crippen LogP contribution is -2.23. The molecule has 2 aromatic heterocycles. The summed E-state index contributed by atoms with van der Waals surface area (Å²) in [5, 5.41) is 7.41. The predicted octanol–water partition coefficient (Wildman–Crippen LogP) is 3.63. The highest BCUT2D eigenvalue weighted by atomic mass is 32.2. The summed E-state index contributed by atoms with van der Waals surface area (Å²) >= 11 is 1.17. The van der Waals surface area contributed by atoms with Crippen LogP contribution in [-0.2, 0) is 4.79 Å². The van der Waals surface area contributed by atoms with E-state index in [1.54, 1.807) is 35.9 Å². The van der Waals surface area contributed by atoms with Crippen LogP contribution in [0.3, 0.4) is 0 Å². The summed E-state index contributed by atoms with van der Waals surface area (Å²) in [6.07, 6.45) is 1.49. The topological polar surface area (TPSA) is 102 Å². The lowest BCUT2D eigenvalue weighted by molar-refractivity contribution is -0.115. The number of thioether (sulfide) groups is 1. The number of hydrogen-bond acceptors (Lipinski definition) is 6. The van der Waals surface area contributed by atoms with Crippen LogP contribution in [-0.4, -0.2) is 37.5 Å². The van der Waals surface area contributed by atoms with Crippen molar-refractivity contribution in [2.45, 2.75) is 24.3 Å². The van der Waals surface area contributed by atoms with Crippen LogP contribution >= 0.6 is 11.8 Å². The number of amides is 1. The van der Waals surface area contributed by atoms with Gasteiger partial charge in [-0.25, -0.2) is 9.67 Å². The fourth-order valence-corrected chi connectivity index (χ4v) is 3.77. The van der Waals surface area contributed by atoms with Crippen LogP contribution in [0.25, 0.3) is 16.7 Å². The summed E-state index contributed by atoms with van der Waals surface area (Å²) in [5.74, 6) is 0.543. The summed E-state index contributed by atoms with van der Waals surface area (Å²) in [5.41, 5.74) is 1.61. The number of para-hydroxylation sites is 1. The van der Waals surface area contributed by atoms with E-state index >= 15 is 0 Å². The Labute approximate surface area is 182 Å². The molecule has 2 aromatic carbocycles. The average molecular weight is 436 g/mol. The molecular weight excluding hydrogens is 414 g/mol. The molecule has 2 heterocycles. The monoisotopic (exact) mass is 435 g/mol. The summed E-state index contributed by atoms with van der Waals surface area (Å²) < 4.78 is 7.02. The van der Waals surface area contributed by atoms with Gasteiger partial charge < -0.3 is 15.0 Å². The molecule has 0 aliphatic rings. The molecule has 0 fully saturated rings. The smallest absolute Gasteiger partial charge is 0.262 e. The zero-order valence-corrected chi connectivity index (χ0v) is 17.8. The van der Waals surface area contributed by atoms with Gasteiger partial charge in [-0.1, -0.05) is 30.0 Å². The van der Waals surface area contributed by atoms with E-state index in [0.717, 1.165) is 11.4 Å². The number of rotatable bonds is 7. The molecule has 4 aromatic rings. The van der Waals surface area contributed by atoms with Gasteiger partial charge in [0.25, 0.3) is 5.56 Å². The number of anilines is 1. The van der Waals surface area contributed by atoms with Crippen molar-refractivity contribution in [3.8, 4) is 11.4 Å². The molecular formula is C22H21N5O3S. The SMILES string of the molecule is CCOc1ccc(NC(=O)C(C)Sc2nc3c(cnn3-c3ccccc3)c(=O)[nH]2)cc1. The summed E-state index contributed by atoms with van der Waals surface area (Å²) in [6.45, 7) is 4.25. The van der Waals surface area contributed by atoms with Crippen molar-refractivity contribution in [2.75, 3.05) is 11.9 Å². The van der Waals surface area contributed by atoms with Crippen molar-refractivity contribution in [2.24, 2.45) is 0 Å². The number of nitrogens with one attached hydrogen (secondary N) is 2. The maximum absolute atomic E-state index is 12.6. The molecule has 9 heteroatoms. The first-order chi connectivity index (χ1) is 15.0. The zero-order chi connectivity index (χ0) is 21.8. The maximum Gasteiger partial charge on any atom is 0.262 e. The summed E-state index contributed by atoms with van der Waals surface area (Å²) in [7, 11) is 0. The van der Waals surface area contributed by atoms with Crippen molar-refractivity contribution >= 4 is 34.4 Å². The standard InChI is InChI=1S/C22H21N5O3S/c1-3-30-17-11-9-15(10-12-17)24-20(28)14(2)31-22-25-19-18(21(29)26-22)13-23-27(19)16-7-5-4-6-8-16/h4-14H,3H2,1-2H3,(H,24,28)(H,25,26,29). The van der Waals surface area contributed by atoms with Crippen LogP contribution in [0.1, 0.15) is 13.8 Å². The minimum absolute atomic E-state index is 0.200. The van der Waals surface area contributed by atoms with Gasteiger partial charge in [-0.2, -0.15) is 5.10 Å². The second-order valence-corrected chi connectivity index (χ2v) is 8.04. The molecule has 1 amide bonds. The van der Waals surface area contributed by atoms with Crippen molar-refractivity contribution in [3.05, 3.63) is 71.1 Å². The highest BCUT2D eigenvalue weighted by Gasteiger charge is 2.18. The summed E-state index contributed by atoms with van der Waals surface area (Å²) in [4.78, 5) is 32.4. The van der Waals surface area contributed by atoms with E-state index in [4.69, 9.17) is 4.74 Å². The van der Waals surface area contributed by atoms with Gasteiger partial charge in [0.15, 0.2) is 10.8 Å². The molecule has 2 N–H and O–H groups in total. The Morgan fingerprint density at radius 1 is 1.19 bits per heavy atom.